The number of anilines is 1. The average Bonchev–Trinajstić information content (AvgIpc) is 1.15. The molecule has 2 aromatic heterocycles. The van der Waals surface area contributed by atoms with Gasteiger partial charge >= 0.3 is 17.6 Å². The number of aryl methyl sites for hydroxylation is 3. The SMILES string of the molecule is CC1=C(C(=O)O)C(O)=CC2C(=O)c3c(O)c(O)c([C@H]4O[C@H](CO)C(O)C(O)C4O)c(O)c3C(=O)C12.O=C(O)CCCCC1CCSS1.O=c1c(O)c(-c2ccc(O)c(O)c2)oc2c(O)c(O)cc(O)c12.O=c1oc2c3c4c(cc2c2c1CCC2)CCCN4CCC3. The first-order valence-electron chi connectivity index (χ1n) is 29.2. The third kappa shape index (κ3) is 12.0. The number of carboxylic acid groups (broad SMARTS) is 2. The molecule has 91 heavy (non-hydrogen) atoms. The van der Waals surface area contributed by atoms with Gasteiger partial charge in [-0.3, -0.25) is 19.2 Å². The lowest BCUT2D eigenvalue weighted by Crippen LogP contribution is -2.55. The predicted octanol–water partition coefficient (Wildman–Crippen LogP) is 6.25. The molecule has 6 unspecified atom stereocenters. The van der Waals surface area contributed by atoms with Gasteiger partial charge < -0.3 is 100 Å². The zero-order chi connectivity index (χ0) is 65.8. The topological polar surface area (TPSA) is 465 Å². The van der Waals surface area contributed by atoms with Gasteiger partial charge in [-0.15, -0.1) is 0 Å². The number of unbranched alkanes of at least 4 members (excludes halogenated alkanes) is 1. The van der Waals surface area contributed by atoms with Gasteiger partial charge in [-0.2, -0.15) is 0 Å². The third-order valence-corrected chi connectivity index (χ3v) is 20.4. The number of ketones is 2. The van der Waals surface area contributed by atoms with Crippen molar-refractivity contribution < 1.29 is 114 Å². The molecule has 7 aliphatic rings. The second kappa shape index (κ2) is 26.3. The molecule has 28 heteroatoms. The van der Waals surface area contributed by atoms with E-state index >= 15 is 0 Å². The Balaban J connectivity index is 0.000000141. The molecular formula is C63H65NO25S2. The van der Waals surface area contributed by atoms with Crippen LogP contribution in [0.25, 0.3) is 33.3 Å². The maximum Gasteiger partial charge on any atom is 0.339 e. The number of Topliss-reactive ketones (excluding diaryl/α,β-unsaturated/α-hetero) is 2. The van der Waals surface area contributed by atoms with E-state index in [2.05, 4.69) is 11.0 Å². The fourth-order valence-electron chi connectivity index (χ4n) is 13.0. The van der Waals surface area contributed by atoms with Crippen molar-refractivity contribution in [3.8, 4) is 63.1 Å². The molecule has 0 spiro atoms. The molecule has 2 saturated heterocycles. The van der Waals surface area contributed by atoms with Crippen LogP contribution in [0.1, 0.15) is 113 Å². The Morgan fingerprint density at radius 1 is 0.681 bits per heavy atom. The number of aliphatic hydroxyl groups excluding tert-OH is 5. The molecule has 484 valence electrons. The van der Waals surface area contributed by atoms with Crippen LogP contribution >= 0.6 is 21.6 Å². The van der Waals surface area contributed by atoms with Crippen molar-refractivity contribution in [2.24, 2.45) is 11.8 Å². The standard InChI is InChI=1S/C22H22O13.C18H19NO2.C15H10O8.C8H14O2S2/c1-4-8-5(2-6(24)9(4)22(33)34)13(25)10-11(15(8)27)16(28)12(18(30)17(10)29)21-20(32)19(31)14(26)7(3-23)35-21;20-18-13-6-1-5-12(13)15-10-11-4-2-8-19-9-3-7-14(16(11)19)17(15)21-18;16-6-2-1-5(3-7(6)17)14-13(22)12(21)10-8(18)4-9(19)11(20)15(10)23-14;9-8(10)4-2-1-3-7-5-6-11-12-7/h2,5,7-8,14,19-21,23-24,26,28-32H,3H2,1H3,(H,33,34);10H,1-9H2;1-4,16-20,22H;7H,1-6H2,(H,9,10)/t5?,7-,8?,14?,19?,20?,21-;;;/m1.../s1. The lowest BCUT2D eigenvalue weighted by Gasteiger charge is -2.41. The van der Waals surface area contributed by atoms with Crippen molar-refractivity contribution in [3.63, 3.8) is 0 Å². The van der Waals surface area contributed by atoms with Gasteiger partial charge in [-0.1, -0.05) is 28.0 Å². The van der Waals surface area contributed by atoms with E-state index < -0.39 is 174 Å². The highest BCUT2D eigenvalue weighted by molar-refractivity contribution is 8.77. The Hall–Kier alpha value is -8.64. The molecule has 8 atom stereocenters. The van der Waals surface area contributed by atoms with Gasteiger partial charge in [0, 0.05) is 64.3 Å². The number of aliphatic carboxylic acids is 2. The fourth-order valence-corrected chi connectivity index (χ4v) is 16.0. The highest BCUT2D eigenvalue weighted by Gasteiger charge is 2.52. The number of aromatic hydroxyl groups is 9. The highest BCUT2D eigenvalue weighted by atomic mass is 33.1. The smallest absolute Gasteiger partial charge is 0.339 e. The maximum atomic E-state index is 13.4. The summed E-state index contributed by atoms with van der Waals surface area (Å²) in [6.07, 6.45) is 4.21. The van der Waals surface area contributed by atoms with Crippen LogP contribution in [0.2, 0.25) is 0 Å². The van der Waals surface area contributed by atoms with Gasteiger partial charge in [0.25, 0.3) is 0 Å². The Bertz CT molecular complexity index is 4140. The van der Waals surface area contributed by atoms with E-state index in [0.29, 0.717) is 6.42 Å². The molecule has 4 aromatic carbocycles. The van der Waals surface area contributed by atoms with Crippen LogP contribution in [-0.2, 0) is 40.0 Å². The number of aliphatic hydroxyl groups is 5. The predicted molar refractivity (Wildman–Crippen MR) is 327 cm³/mol. The number of nitrogens with zero attached hydrogens (tertiary/aromatic N) is 1. The van der Waals surface area contributed by atoms with Crippen LogP contribution in [0.15, 0.2) is 71.7 Å². The van der Waals surface area contributed by atoms with Gasteiger partial charge in [0.15, 0.2) is 51.7 Å². The number of phenols is 8. The first kappa shape index (κ1) is 65.3. The lowest BCUT2D eigenvalue weighted by molar-refractivity contribution is -0.232. The molecular weight excluding hydrogens is 1230 g/mol. The van der Waals surface area contributed by atoms with Gasteiger partial charge in [-0.05, 0) is 118 Å². The first-order valence-corrected chi connectivity index (χ1v) is 31.5. The number of carbonyl (C=O) groups excluding carboxylic acids is 2. The summed E-state index contributed by atoms with van der Waals surface area (Å²) in [6, 6.07) is 6.45. The zero-order valence-corrected chi connectivity index (χ0v) is 50.1. The average molecular weight is 1300 g/mol. The van der Waals surface area contributed by atoms with E-state index in [-0.39, 0.29) is 16.8 Å². The number of phenolic OH excluding ortho intramolecular Hbond substituents is 8. The van der Waals surface area contributed by atoms with Crippen molar-refractivity contribution in [2.75, 3.05) is 30.3 Å². The van der Waals surface area contributed by atoms with Gasteiger partial charge in [0.2, 0.25) is 16.9 Å². The van der Waals surface area contributed by atoms with E-state index in [4.69, 9.17) is 18.7 Å². The molecule has 0 saturated carbocycles. The lowest BCUT2D eigenvalue weighted by atomic mass is 9.66. The molecule has 6 heterocycles. The summed E-state index contributed by atoms with van der Waals surface area (Å²) in [5, 5.41) is 159. The first-order chi connectivity index (χ1) is 43.3. The summed E-state index contributed by atoms with van der Waals surface area (Å²) in [4.78, 5) is 75.4. The number of hydrogen-bond donors (Lipinski definition) is 16. The number of ether oxygens (including phenoxy) is 1. The number of carbonyl (C=O) groups is 4. The highest BCUT2D eigenvalue weighted by Crippen LogP contribution is 2.54. The van der Waals surface area contributed by atoms with Crippen LogP contribution in [0, 0.1) is 11.8 Å². The number of fused-ring (bicyclic) bond motifs is 7. The van der Waals surface area contributed by atoms with E-state index in [1.165, 1.54) is 78.6 Å². The van der Waals surface area contributed by atoms with Gasteiger partial charge in [-0.25, -0.2) is 9.59 Å². The summed E-state index contributed by atoms with van der Waals surface area (Å²) in [6.45, 7) is 2.66. The van der Waals surface area contributed by atoms with Crippen LogP contribution in [0.5, 0.6) is 51.7 Å². The molecule has 2 fully saturated rings. The Labute approximate surface area is 522 Å². The minimum Gasteiger partial charge on any atom is -0.507 e. The second-order valence-electron chi connectivity index (χ2n) is 23.0. The molecule has 3 aliphatic carbocycles. The largest absolute Gasteiger partial charge is 0.507 e. The van der Waals surface area contributed by atoms with Gasteiger partial charge in [0.05, 0.1) is 35.1 Å². The van der Waals surface area contributed by atoms with Gasteiger partial charge in [0.1, 0.15) is 64.3 Å². The zero-order valence-electron chi connectivity index (χ0n) is 48.5. The third-order valence-electron chi connectivity index (χ3n) is 17.4. The normalized spacial score (nSPS) is 22.9. The molecule has 0 bridgehead atoms. The Morgan fingerprint density at radius 3 is 2.04 bits per heavy atom. The molecule has 0 amide bonds. The minimum absolute atomic E-state index is 0.0269. The van der Waals surface area contributed by atoms with E-state index in [1.54, 1.807) is 0 Å². The van der Waals surface area contributed by atoms with Crippen molar-refractivity contribution in [1.82, 2.24) is 0 Å². The molecule has 4 aliphatic heterocycles. The quantitative estimate of drug-likeness (QED) is 0.0250. The molecule has 16 N–H and O–H groups in total. The summed E-state index contributed by atoms with van der Waals surface area (Å²) in [5.41, 5.74) is 2.47. The number of carboxylic acids is 2. The number of hydrogen-bond acceptors (Lipinski definition) is 26. The van der Waals surface area contributed by atoms with E-state index in [0.717, 1.165) is 92.3 Å². The Morgan fingerprint density at radius 2 is 1.37 bits per heavy atom. The molecule has 13 rings (SSSR count). The van der Waals surface area contributed by atoms with Crippen molar-refractivity contribution in [1.29, 1.82) is 0 Å². The maximum absolute atomic E-state index is 13.4. The van der Waals surface area contributed by atoms with Crippen molar-refractivity contribution >= 4 is 72.7 Å². The molecule has 0 radical (unpaired) electrons. The van der Waals surface area contributed by atoms with Crippen molar-refractivity contribution in [3.05, 3.63) is 113 Å². The summed E-state index contributed by atoms with van der Waals surface area (Å²) in [5.74, 6) is -14.6. The number of rotatable bonds is 9. The van der Waals surface area contributed by atoms with E-state index in [9.17, 15) is 105 Å². The second-order valence-corrected chi connectivity index (χ2v) is 25.8. The van der Waals surface area contributed by atoms with Crippen LogP contribution in [0.3, 0.4) is 0 Å². The van der Waals surface area contributed by atoms with Crippen LogP contribution < -0.4 is 16.0 Å². The molecule has 26 nitrogen and oxygen atoms in total. The summed E-state index contributed by atoms with van der Waals surface area (Å²) < 4.78 is 16.3. The van der Waals surface area contributed by atoms with Crippen LogP contribution in [0.4, 0.5) is 5.69 Å². The summed E-state index contributed by atoms with van der Waals surface area (Å²) >= 11 is 0. The summed E-state index contributed by atoms with van der Waals surface area (Å²) in [7, 11) is 3.92. The number of allylic oxidation sites excluding steroid dienone is 2. The molecule has 6 aromatic rings. The van der Waals surface area contributed by atoms with Crippen LogP contribution in [-0.4, -0.2) is 160 Å². The monoisotopic (exact) mass is 1300 g/mol. The fraction of sp³-hybridized carbons (Fsp3) is 0.397. The van der Waals surface area contributed by atoms with Crippen molar-refractivity contribution in [2.45, 2.75) is 120 Å². The van der Waals surface area contributed by atoms with E-state index in [1.807, 2.05) is 21.6 Å². The minimum atomic E-state index is -2.01. The number of benzene rings is 4. The Kier molecular flexibility index (Phi) is 18.9.